The van der Waals surface area contributed by atoms with Gasteiger partial charge in [0.15, 0.2) is 0 Å². The number of anilines is 1. The number of methoxy groups -OCH3 is 1. The number of carbonyl (C=O) groups excluding carboxylic acids is 1. The van der Waals surface area contributed by atoms with Crippen molar-refractivity contribution in [3.63, 3.8) is 0 Å². The van der Waals surface area contributed by atoms with Gasteiger partial charge in [0.2, 0.25) is 0 Å². The van der Waals surface area contributed by atoms with Crippen molar-refractivity contribution in [1.82, 2.24) is 5.01 Å². The van der Waals surface area contributed by atoms with Gasteiger partial charge in [-0.3, -0.25) is 0 Å². The maximum atomic E-state index is 12.7. The molecule has 0 aliphatic carbocycles. The molecule has 1 heterocycles. The Morgan fingerprint density at radius 1 is 1.15 bits per heavy atom. The van der Waals surface area contributed by atoms with Crippen molar-refractivity contribution in [3.8, 4) is 5.75 Å². The number of unbranched alkanes of at least 4 members (excludes halogenated alkanes) is 2. The number of rotatable bonds is 7. The molecule has 1 atom stereocenters. The fourth-order valence-electron chi connectivity index (χ4n) is 3.30. The average molecular weight is 365 g/mol. The van der Waals surface area contributed by atoms with E-state index in [2.05, 4.69) is 29.5 Å². The van der Waals surface area contributed by atoms with Gasteiger partial charge in [-0.1, -0.05) is 50.1 Å². The molecule has 3 rings (SSSR count). The zero-order valence-electron chi connectivity index (χ0n) is 16.0. The van der Waals surface area contributed by atoms with Crippen LogP contribution in [0.5, 0.6) is 5.75 Å². The van der Waals surface area contributed by atoms with Gasteiger partial charge in [-0.25, -0.2) is 9.80 Å². The smallest absolute Gasteiger partial charge is 0.342 e. The van der Waals surface area contributed by atoms with E-state index in [1.54, 1.807) is 12.1 Å². The number of hydrogen-bond donors (Lipinski definition) is 1. The van der Waals surface area contributed by atoms with Crippen molar-refractivity contribution in [2.45, 2.75) is 38.5 Å². The molecule has 0 aromatic heterocycles. The van der Waals surface area contributed by atoms with Gasteiger partial charge in [-0.2, -0.15) is 5.10 Å². The molecule has 2 aromatic carbocycles. The molecule has 0 fully saturated rings. The lowest BCUT2D eigenvalue weighted by Crippen LogP contribution is -2.30. The summed E-state index contributed by atoms with van der Waals surface area (Å²) in [5, 5.41) is 9.14. The molecule has 0 saturated heterocycles. The van der Waals surface area contributed by atoms with Crippen LogP contribution in [0.15, 0.2) is 59.7 Å². The van der Waals surface area contributed by atoms with Crippen LogP contribution in [0.25, 0.3) is 0 Å². The van der Waals surface area contributed by atoms with Crippen molar-refractivity contribution >= 4 is 17.4 Å². The second kappa shape index (κ2) is 9.21. The van der Waals surface area contributed by atoms with E-state index in [1.165, 1.54) is 18.4 Å². The van der Waals surface area contributed by atoms with E-state index in [-0.39, 0.29) is 11.9 Å². The highest BCUT2D eigenvalue weighted by Crippen LogP contribution is 2.28. The first-order chi connectivity index (χ1) is 13.2. The molecule has 2 aromatic rings. The van der Waals surface area contributed by atoms with Crippen molar-refractivity contribution < 1.29 is 9.53 Å². The molecule has 1 aliphatic rings. The summed E-state index contributed by atoms with van der Waals surface area (Å²) in [7, 11) is 1.62. The maximum Gasteiger partial charge on any atom is 0.342 e. The van der Waals surface area contributed by atoms with Gasteiger partial charge in [0.1, 0.15) is 5.75 Å². The zero-order valence-corrected chi connectivity index (χ0v) is 16.0. The number of benzene rings is 2. The Bertz CT molecular complexity index is 772. The summed E-state index contributed by atoms with van der Waals surface area (Å²) in [5.74, 6) is 0.930. The molecule has 0 saturated carbocycles. The van der Waals surface area contributed by atoms with E-state index in [1.807, 2.05) is 42.5 Å². The summed E-state index contributed by atoms with van der Waals surface area (Å²) in [6.07, 6.45) is 4.38. The molecule has 0 radical (unpaired) electrons. The Morgan fingerprint density at radius 3 is 2.56 bits per heavy atom. The minimum atomic E-state index is -0.202. The van der Waals surface area contributed by atoms with Gasteiger partial charge in [-0.15, -0.1) is 0 Å². The first-order valence-corrected chi connectivity index (χ1v) is 9.56. The predicted molar refractivity (Wildman–Crippen MR) is 109 cm³/mol. The first-order valence-electron chi connectivity index (χ1n) is 9.56. The van der Waals surface area contributed by atoms with Crippen LogP contribution in [0.3, 0.4) is 0 Å². The van der Waals surface area contributed by atoms with E-state index in [0.717, 1.165) is 30.0 Å². The van der Waals surface area contributed by atoms with Crippen LogP contribution in [0.2, 0.25) is 0 Å². The van der Waals surface area contributed by atoms with Gasteiger partial charge in [-0.05, 0) is 42.7 Å². The molecular weight excluding hydrogens is 338 g/mol. The van der Waals surface area contributed by atoms with E-state index >= 15 is 0 Å². The number of nitrogens with one attached hydrogen (secondary N) is 1. The summed E-state index contributed by atoms with van der Waals surface area (Å²) >= 11 is 0. The number of nitrogens with zero attached hydrogens (tertiary/aromatic N) is 2. The molecule has 0 spiro atoms. The lowest BCUT2D eigenvalue weighted by Gasteiger charge is -2.16. The largest absolute Gasteiger partial charge is 0.497 e. The Hall–Kier alpha value is -2.82. The Kier molecular flexibility index (Phi) is 6.47. The molecule has 5 heteroatoms. The molecule has 142 valence electrons. The molecule has 2 amide bonds. The standard InChI is InChI=1S/C22H27N3O2/c1-3-4-6-11-21-20(17-9-7-5-8-10-17)16-25(24-21)22(26)23-18-12-14-19(27-2)15-13-18/h5,7-10,12-15,20H,3-4,6,11,16H2,1-2H3,(H,23,26). The molecule has 1 unspecified atom stereocenters. The predicted octanol–water partition coefficient (Wildman–Crippen LogP) is 5.26. The fourth-order valence-corrected chi connectivity index (χ4v) is 3.30. The lowest BCUT2D eigenvalue weighted by atomic mass is 9.92. The third-order valence-corrected chi connectivity index (χ3v) is 4.82. The lowest BCUT2D eigenvalue weighted by molar-refractivity contribution is 0.218. The third kappa shape index (κ3) is 4.88. The number of urea groups is 1. The van der Waals surface area contributed by atoms with E-state index in [4.69, 9.17) is 4.74 Å². The van der Waals surface area contributed by atoms with Crippen LogP contribution in [0.1, 0.15) is 44.1 Å². The van der Waals surface area contributed by atoms with Gasteiger partial charge < -0.3 is 10.1 Å². The second-order valence-corrected chi connectivity index (χ2v) is 6.75. The molecular formula is C22H27N3O2. The summed E-state index contributed by atoms with van der Waals surface area (Å²) < 4.78 is 5.15. The van der Waals surface area contributed by atoms with Crippen LogP contribution in [0, 0.1) is 0 Å². The Balaban J connectivity index is 1.71. The van der Waals surface area contributed by atoms with Crippen LogP contribution in [-0.2, 0) is 0 Å². The van der Waals surface area contributed by atoms with Gasteiger partial charge in [0.05, 0.1) is 13.7 Å². The van der Waals surface area contributed by atoms with Gasteiger partial charge in [0, 0.05) is 17.3 Å². The minimum Gasteiger partial charge on any atom is -0.497 e. The number of hydrazone groups is 1. The van der Waals surface area contributed by atoms with Crippen LogP contribution in [-0.4, -0.2) is 30.4 Å². The Morgan fingerprint density at radius 2 is 1.89 bits per heavy atom. The molecule has 0 bridgehead atoms. The monoisotopic (exact) mass is 365 g/mol. The molecule has 1 aliphatic heterocycles. The SMILES string of the molecule is CCCCCC1=NN(C(=O)Nc2ccc(OC)cc2)CC1c1ccccc1. The topological polar surface area (TPSA) is 53.9 Å². The van der Waals surface area contributed by atoms with Crippen molar-refractivity contribution in [2.75, 3.05) is 19.0 Å². The van der Waals surface area contributed by atoms with Crippen LogP contribution < -0.4 is 10.1 Å². The summed E-state index contributed by atoms with van der Waals surface area (Å²) in [6.45, 7) is 2.77. The highest BCUT2D eigenvalue weighted by Gasteiger charge is 2.30. The number of ether oxygens (including phenoxy) is 1. The molecule has 1 N–H and O–H groups in total. The number of hydrogen-bond acceptors (Lipinski definition) is 3. The summed E-state index contributed by atoms with van der Waals surface area (Å²) in [6, 6.07) is 17.4. The van der Waals surface area contributed by atoms with Gasteiger partial charge >= 0.3 is 6.03 Å². The minimum absolute atomic E-state index is 0.171. The van der Waals surface area contributed by atoms with Crippen molar-refractivity contribution in [2.24, 2.45) is 5.10 Å². The fraction of sp³-hybridized carbons (Fsp3) is 0.364. The van der Waals surface area contributed by atoms with Gasteiger partial charge in [0.25, 0.3) is 0 Å². The summed E-state index contributed by atoms with van der Waals surface area (Å²) in [4.78, 5) is 12.7. The average Bonchev–Trinajstić information content (AvgIpc) is 3.14. The first kappa shape index (κ1) is 19.0. The number of amides is 2. The van der Waals surface area contributed by atoms with Crippen LogP contribution >= 0.6 is 0 Å². The molecule has 5 nitrogen and oxygen atoms in total. The normalized spacial score (nSPS) is 16.1. The number of carbonyl (C=O) groups is 1. The van der Waals surface area contributed by atoms with Crippen molar-refractivity contribution in [3.05, 3.63) is 60.2 Å². The van der Waals surface area contributed by atoms with Crippen LogP contribution in [0.4, 0.5) is 10.5 Å². The van der Waals surface area contributed by atoms with E-state index in [0.29, 0.717) is 6.54 Å². The van der Waals surface area contributed by atoms with E-state index in [9.17, 15) is 4.79 Å². The Labute approximate surface area is 161 Å². The third-order valence-electron chi connectivity index (χ3n) is 4.82. The second-order valence-electron chi connectivity index (χ2n) is 6.75. The molecule has 27 heavy (non-hydrogen) atoms. The van der Waals surface area contributed by atoms with Crippen molar-refractivity contribution in [1.29, 1.82) is 0 Å². The maximum absolute atomic E-state index is 12.7. The quantitative estimate of drug-likeness (QED) is 0.680. The highest BCUT2D eigenvalue weighted by molar-refractivity contribution is 5.97. The summed E-state index contributed by atoms with van der Waals surface area (Å²) in [5.41, 5.74) is 3.04. The highest BCUT2D eigenvalue weighted by atomic mass is 16.5. The zero-order chi connectivity index (χ0) is 19.1. The van der Waals surface area contributed by atoms with E-state index < -0.39 is 0 Å².